The van der Waals surface area contributed by atoms with Crippen molar-refractivity contribution in [3.8, 4) is 5.75 Å². The summed E-state index contributed by atoms with van der Waals surface area (Å²) >= 11 is 8.85. The van der Waals surface area contributed by atoms with Gasteiger partial charge in [0.1, 0.15) is 5.82 Å². The number of carbonyl (C=O) groups excluding carboxylic acids is 1. The van der Waals surface area contributed by atoms with Crippen molar-refractivity contribution in [2.24, 2.45) is 0 Å². The molecule has 0 spiro atoms. The van der Waals surface area contributed by atoms with E-state index in [1.165, 1.54) is 0 Å². The van der Waals surface area contributed by atoms with Crippen LogP contribution in [0.5, 0.6) is 5.75 Å². The molecule has 0 aliphatic rings. The molecule has 0 amide bonds. The van der Waals surface area contributed by atoms with Crippen molar-refractivity contribution in [1.29, 1.82) is 0 Å². The van der Waals surface area contributed by atoms with Gasteiger partial charge in [-0.15, -0.1) is 0 Å². The third-order valence-electron chi connectivity index (χ3n) is 2.48. The monoisotopic (exact) mass is 360 g/mol. The zero-order valence-electron chi connectivity index (χ0n) is 10.00. The fraction of sp³-hybridized carbons (Fsp3) is 0.0714. The summed E-state index contributed by atoms with van der Waals surface area (Å²) in [4.78, 5) is 11.9. The minimum atomic E-state index is -0.885. The molecule has 0 aliphatic carbocycles. The average molecular weight is 362 g/mol. The largest absolute Gasteiger partial charge is 0.481 e. The van der Waals surface area contributed by atoms with Crippen LogP contribution in [0.4, 0.5) is 8.78 Å². The molecular weight excluding hydrogens is 354 g/mol. The normalized spacial score (nSPS) is 10.4. The van der Waals surface area contributed by atoms with Crippen LogP contribution in [0.1, 0.15) is 10.4 Å². The number of halogens is 4. The summed E-state index contributed by atoms with van der Waals surface area (Å²) in [6, 6.07) is 8.20. The summed E-state index contributed by atoms with van der Waals surface area (Å²) in [6.07, 6.45) is 0. The quantitative estimate of drug-likeness (QED) is 0.742. The van der Waals surface area contributed by atoms with Crippen molar-refractivity contribution in [2.75, 3.05) is 6.61 Å². The Morgan fingerprint density at radius 2 is 1.95 bits per heavy atom. The summed E-state index contributed by atoms with van der Waals surface area (Å²) in [5.74, 6) is -2.24. The van der Waals surface area contributed by atoms with Gasteiger partial charge < -0.3 is 4.74 Å². The highest BCUT2D eigenvalue weighted by molar-refractivity contribution is 9.10. The molecule has 0 N–H and O–H groups in total. The Bertz CT molecular complexity index is 638. The molecule has 0 saturated heterocycles. The molecule has 20 heavy (non-hydrogen) atoms. The number of rotatable bonds is 4. The van der Waals surface area contributed by atoms with Gasteiger partial charge in [0.25, 0.3) is 0 Å². The van der Waals surface area contributed by atoms with E-state index in [0.29, 0.717) is 11.1 Å². The van der Waals surface area contributed by atoms with Crippen LogP contribution in [0.25, 0.3) is 0 Å². The van der Waals surface area contributed by atoms with Crippen LogP contribution in [0, 0.1) is 11.6 Å². The standard InChI is InChI=1S/C14H8BrClF2O2/c15-10-5-8(17)6-12(18)14(10)20-7-13(19)9-3-1-2-4-11(9)16/h1-6H,7H2. The second-order valence-corrected chi connectivity index (χ2v) is 5.15. The van der Waals surface area contributed by atoms with Gasteiger partial charge in [0, 0.05) is 11.6 Å². The van der Waals surface area contributed by atoms with Crippen molar-refractivity contribution >= 4 is 33.3 Å². The van der Waals surface area contributed by atoms with Crippen LogP contribution in [-0.2, 0) is 0 Å². The highest BCUT2D eigenvalue weighted by Crippen LogP contribution is 2.29. The van der Waals surface area contributed by atoms with Crippen LogP contribution < -0.4 is 4.74 Å². The minimum Gasteiger partial charge on any atom is -0.481 e. The highest BCUT2D eigenvalue weighted by atomic mass is 79.9. The molecule has 6 heteroatoms. The van der Waals surface area contributed by atoms with Crippen LogP contribution in [0.15, 0.2) is 40.9 Å². The molecule has 2 aromatic carbocycles. The molecule has 0 unspecified atom stereocenters. The van der Waals surface area contributed by atoms with Gasteiger partial charge in [-0.25, -0.2) is 8.78 Å². The lowest BCUT2D eigenvalue weighted by molar-refractivity contribution is 0.0918. The van der Waals surface area contributed by atoms with E-state index in [0.717, 1.165) is 6.07 Å². The first-order valence-electron chi connectivity index (χ1n) is 5.54. The van der Waals surface area contributed by atoms with Gasteiger partial charge in [-0.05, 0) is 34.1 Å². The number of hydrogen-bond donors (Lipinski definition) is 0. The Labute approximate surface area is 127 Å². The van der Waals surface area contributed by atoms with E-state index in [-0.39, 0.29) is 15.8 Å². The first-order valence-corrected chi connectivity index (χ1v) is 6.71. The molecule has 0 bridgehead atoms. The van der Waals surface area contributed by atoms with Crippen LogP contribution in [0.3, 0.4) is 0 Å². The molecule has 2 rings (SSSR count). The predicted molar refractivity (Wildman–Crippen MR) is 75.3 cm³/mol. The maximum atomic E-state index is 13.5. The first-order chi connectivity index (χ1) is 9.49. The third kappa shape index (κ3) is 3.35. The number of hydrogen-bond acceptors (Lipinski definition) is 2. The molecule has 0 aromatic heterocycles. The topological polar surface area (TPSA) is 26.3 Å². The van der Waals surface area contributed by atoms with Crippen LogP contribution in [-0.4, -0.2) is 12.4 Å². The molecule has 0 aliphatic heterocycles. The lowest BCUT2D eigenvalue weighted by atomic mass is 10.1. The maximum absolute atomic E-state index is 13.5. The van der Waals surface area contributed by atoms with E-state index < -0.39 is 24.0 Å². The third-order valence-corrected chi connectivity index (χ3v) is 3.40. The van der Waals surface area contributed by atoms with Gasteiger partial charge in [-0.2, -0.15) is 0 Å². The molecule has 104 valence electrons. The lowest BCUT2D eigenvalue weighted by Gasteiger charge is -2.09. The average Bonchev–Trinajstić information content (AvgIpc) is 2.37. The number of carbonyl (C=O) groups is 1. The van der Waals surface area contributed by atoms with Crippen molar-refractivity contribution in [1.82, 2.24) is 0 Å². The summed E-state index contributed by atoms with van der Waals surface area (Å²) in [5, 5.41) is 0.291. The van der Waals surface area contributed by atoms with Crippen molar-refractivity contribution in [3.63, 3.8) is 0 Å². The fourth-order valence-electron chi connectivity index (χ4n) is 1.57. The van der Waals surface area contributed by atoms with Crippen molar-refractivity contribution in [2.45, 2.75) is 0 Å². The molecule has 0 atom stereocenters. The summed E-state index contributed by atoms with van der Waals surface area (Å²) in [5.41, 5.74) is 0.285. The SMILES string of the molecule is O=C(COc1c(F)cc(F)cc1Br)c1ccccc1Cl. The van der Waals surface area contributed by atoms with Gasteiger partial charge >= 0.3 is 0 Å². The molecular formula is C14H8BrClF2O2. The molecule has 0 heterocycles. The Hall–Kier alpha value is -1.46. The van der Waals surface area contributed by atoms with Gasteiger partial charge in [-0.3, -0.25) is 4.79 Å². The van der Waals surface area contributed by atoms with Crippen molar-refractivity contribution in [3.05, 3.63) is 63.1 Å². The van der Waals surface area contributed by atoms with E-state index in [1.54, 1.807) is 24.3 Å². The Balaban J connectivity index is 2.14. The predicted octanol–water partition coefficient (Wildman–Crippen LogP) is 4.64. The summed E-state index contributed by atoms with van der Waals surface area (Å²) < 4.78 is 31.6. The van der Waals surface area contributed by atoms with Crippen LogP contribution in [0.2, 0.25) is 5.02 Å². The second kappa shape index (κ2) is 6.33. The molecule has 2 aromatic rings. The Kier molecular flexibility index (Phi) is 4.73. The number of ether oxygens (including phenoxy) is 1. The first kappa shape index (κ1) is 14.9. The molecule has 0 saturated carbocycles. The summed E-state index contributed by atoms with van der Waals surface area (Å²) in [7, 11) is 0. The van der Waals surface area contributed by atoms with Gasteiger partial charge in [0.05, 0.1) is 9.50 Å². The second-order valence-electron chi connectivity index (χ2n) is 3.89. The minimum absolute atomic E-state index is 0.0990. The lowest BCUT2D eigenvalue weighted by Crippen LogP contribution is -2.13. The van der Waals surface area contributed by atoms with E-state index >= 15 is 0 Å². The van der Waals surface area contributed by atoms with E-state index in [4.69, 9.17) is 16.3 Å². The maximum Gasteiger partial charge on any atom is 0.201 e. The van der Waals surface area contributed by atoms with E-state index in [9.17, 15) is 13.6 Å². The van der Waals surface area contributed by atoms with Gasteiger partial charge in [-0.1, -0.05) is 23.7 Å². The Morgan fingerprint density at radius 1 is 1.25 bits per heavy atom. The fourth-order valence-corrected chi connectivity index (χ4v) is 2.33. The number of benzene rings is 2. The zero-order chi connectivity index (χ0) is 14.7. The van der Waals surface area contributed by atoms with E-state index in [2.05, 4.69) is 15.9 Å². The molecule has 0 fully saturated rings. The summed E-state index contributed by atoms with van der Waals surface area (Å²) in [6.45, 7) is -0.398. The number of ketones is 1. The molecule has 0 radical (unpaired) electrons. The van der Waals surface area contributed by atoms with Gasteiger partial charge in [0.2, 0.25) is 5.78 Å². The van der Waals surface area contributed by atoms with Crippen molar-refractivity contribution < 1.29 is 18.3 Å². The molecule has 2 nitrogen and oxygen atoms in total. The van der Waals surface area contributed by atoms with Crippen LogP contribution >= 0.6 is 27.5 Å². The smallest absolute Gasteiger partial charge is 0.201 e. The highest BCUT2D eigenvalue weighted by Gasteiger charge is 2.15. The number of Topliss-reactive ketones (excluding diaryl/α,β-unsaturated/α-hetero) is 1. The van der Waals surface area contributed by atoms with Gasteiger partial charge in [0.15, 0.2) is 18.2 Å². The zero-order valence-corrected chi connectivity index (χ0v) is 12.3. The Morgan fingerprint density at radius 3 is 2.60 bits per heavy atom. The van der Waals surface area contributed by atoms with E-state index in [1.807, 2.05) is 0 Å².